The predicted molar refractivity (Wildman–Crippen MR) is 81.6 cm³/mol. The predicted octanol–water partition coefficient (Wildman–Crippen LogP) is 3.03. The Hall–Kier alpha value is -1.75. The molecular weight excluding hydrogens is 267 g/mol. The zero-order valence-electron chi connectivity index (χ0n) is 12.9. The van der Waals surface area contributed by atoms with Crippen molar-refractivity contribution in [3.05, 3.63) is 47.3 Å². The van der Waals surface area contributed by atoms with Gasteiger partial charge in [0.2, 0.25) is 0 Å². The number of hydrogen-bond acceptors (Lipinski definition) is 3. The van der Waals surface area contributed by atoms with Crippen LogP contribution in [0.25, 0.3) is 0 Å². The average molecular weight is 290 g/mol. The number of halogens is 1. The lowest BCUT2D eigenvalue weighted by Gasteiger charge is -2.19. The van der Waals surface area contributed by atoms with Crippen molar-refractivity contribution in [1.29, 1.82) is 0 Å². The molecule has 114 valence electrons. The van der Waals surface area contributed by atoms with Crippen LogP contribution in [0.5, 0.6) is 0 Å². The van der Waals surface area contributed by atoms with E-state index in [1.807, 2.05) is 23.7 Å². The van der Waals surface area contributed by atoms with Crippen LogP contribution >= 0.6 is 0 Å². The highest BCUT2D eigenvalue weighted by atomic mass is 19.1. The van der Waals surface area contributed by atoms with Gasteiger partial charge in [0.05, 0.1) is 0 Å². The van der Waals surface area contributed by atoms with Gasteiger partial charge in [-0.1, -0.05) is 26.0 Å². The molecule has 0 aliphatic heterocycles. The fourth-order valence-corrected chi connectivity index (χ4v) is 2.41. The fraction of sp³-hybridized carbons (Fsp3) is 0.500. The molecule has 21 heavy (non-hydrogen) atoms. The Labute approximate surface area is 125 Å². The Morgan fingerprint density at radius 1 is 1.33 bits per heavy atom. The van der Waals surface area contributed by atoms with Crippen LogP contribution in [0.3, 0.4) is 0 Å². The van der Waals surface area contributed by atoms with Crippen molar-refractivity contribution in [3.63, 3.8) is 0 Å². The lowest BCUT2D eigenvalue weighted by atomic mass is 10.0. The van der Waals surface area contributed by atoms with Crippen LogP contribution in [-0.4, -0.2) is 21.3 Å². The summed E-state index contributed by atoms with van der Waals surface area (Å²) >= 11 is 0. The molecule has 1 aromatic heterocycles. The minimum atomic E-state index is -0.162. The molecule has 0 aliphatic carbocycles. The van der Waals surface area contributed by atoms with Gasteiger partial charge in [0.25, 0.3) is 0 Å². The Balaban J connectivity index is 2.22. The maximum Gasteiger partial charge on any atom is 0.138 e. The zero-order chi connectivity index (χ0) is 15.2. The highest BCUT2D eigenvalue weighted by Gasteiger charge is 2.16. The molecule has 1 N–H and O–H groups in total. The standard InChI is InChI=1S/C16H23FN4/c1-4-8-21-16(19-11-20-21)10-15(18-5-2)13-7-6-12(3)14(17)9-13/h6-7,9,11,15,18H,4-5,8,10H2,1-3H3. The van der Waals surface area contributed by atoms with Crippen LogP contribution in [0.1, 0.15) is 43.3 Å². The summed E-state index contributed by atoms with van der Waals surface area (Å²) in [5.41, 5.74) is 1.62. The van der Waals surface area contributed by atoms with Crippen LogP contribution in [0.2, 0.25) is 0 Å². The molecule has 0 radical (unpaired) electrons. The first-order valence-corrected chi connectivity index (χ1v) is 7.51. The number of rotatable bonds is 7. The van der Waals surface area contributed by atoms with E-state index in [1.165, 1.54) is 0 Å². The molecule has 4 nitrogen and oxygen atoms in total. The summed E-state index contributed by atoms with van der Waals surface area (Å²) in [6.45, 7) is 7.62. The monoisotopic (exact) mass is 290 g/mol. The maximum atomic E-state index is 13.8. The number of hydrogen-bond donors (Lipinski definition) is 1. The molecule has 1 heterocycles. The van der Waals surface area contributed by atoms with Crippen molar-refractivity contribution >= 4 is 0 Å². The lowest BCUT2D eigenvalue weighted by molar-refractivity contribution is 0.496. The van der Waals surface area contributed by atoms with E-state index in [0.29, 0.717) is 12.0 Å². The third kappa shape index (κ3) is 3.88. The van der Waals surface area contributed by atoms with E-state index < -0.39 is 0 Å². The van der Waals surface area contributed by atoms with Gasteiger partial charge in [-0.3, -0.25) is 4.68 Å². The smallest absolute Gasteiger partial charge is 0.138 e. The molecule has 0 amide bonds. The summed E-state index contributed by atoms with van der Waals surface area (Å²) in [5, 5.41) is 7.65. The normalized spacial score (nSPS) is 12.6. The molecule has 2 aromatic rings. The van der Waals surface area contributed by atoms with Crippen LogP contribution in [0.4, 0.5) is 4.39 Å². The van der Waals surface area contributed by atoms with Gasteiger partial charge in [-0.25, -0.2) is 9.37 Å². The van der Waals surface area contributed by atoms with Crippen molar-refractivity contribution in [2.24, 2.45) is 0 Å². The first-order valence-electron chi connectivity index (χ1n) is 7.51. The molecule has 0 aliphatic rings. The third-order valence-electron chi connectivity index (χ3n) is 3.57. The average Bonchev–Trinajstić information content (AvgIpc) is 2.89. The molecule has 5 heteroatoms. The molecule has 0 saturated carbocycles. The first kappa shape index (κ1) is 15.6. The summed E-state index contributed by atoms with van der Waals surface area (Å²) in [7, 11) is 0. The van der Waals surface area contributed by atoms with Crippen LogP contribution in [0.15, 0.2) is 24.5 Å². The second kappa shape index (κ2) is 7.31. The SMILES string of the molecule is CCCn1ncnc1CC(NCC)c1ccc(C)c(F)c1. The largest absolute Gasteiger partial charge is 0.310 e. The van der Waals surface area contributed by atoms with Gasteiger partial charge in [-0.15, -0.1) is 0 Å². The zero-order valence-corrected chi connectivity index (χ0v) is 12.9. The second-order valence-electron chi connectivity index (χ2n) is 5.22. The van der Waals surface area contributed by atoms with E-state index in [4.69, 9.17) is 0 Å². The van der Waals surface area contributed by atoms with Crippen molar-refractivity contribution in [2.75, 3.05) is 6.54 Å². The molecular formula is C16H23FN4. The van der Waals surface area contributed by atoms with Crippen LogP contribution in [-0.2, 0) is 13.0 Å². The Morgan fingerprint density at radius 3 is 2.81 bits per heavy atom. The number of aryl methyl sites for hydroxylation is 2. The van der Waals surface area contributed by atoms with E-state index in [9.17, 15) is 4.39 Å². The molecule has 0 saturated heterocycles. The number of nitrogens with one attached hydrogen (secondary N) is 1. The highest BCUT2D eigenvalue weighted by Crippen LogP contribution is 2.20. The van der Waals surface area contributed by atoms with E-state index in [0.717, 1.165) is 30.9 Å². The number of aromatic nitrogens is 3. The quantitative estimate of drug-likeness (QED) is 0.852. The van der Waals surface area contributed by atoms with E-state index in [2.05, 4.69) is 22.3 Å². The molecule has 0 bridgehead atoms. The minimum absolute atomic E-state index is 0.0462. The molecule has 1 unspecified atom stereocenters. The lowest BCUT2D eigenvalue weighted by Crippen LogP contribution is -2.24. The number of likely N-dealkylation sites (N-methyl/N-ethyl adjacent to an activating group) is 1. The number of benzene rings is 1. The molecule has 1 aromatic carbocycles. The second-order valence-corrected chi connectivity index (χ2v) is 5.22. The third-order valence-corrected chi connectivity index (χ3v) is 3.57. The van der Waals surface area contributed by atoms with Gasteiger partial charge in [0.15, 0.2) is 0 Å². The van der Waals surface area contributed by atoms with Gasteiger partial charge in [0.1, 0.15) is 18.0 Å². The van der Waals surface area contributed by atoms with E-state index in [1.54, 1.807) is 19.3 Å². The molecule has 2 rings (SSSR count). The fourth-order valence-electron chi connectivity index (χ4n) is 2.41. The first-order chi connectivity index (χ1) is 10.2. The molecule has 0 spiro atoms. The highest BCUT2D eigenvalue weighted by molar-refractivity contribution is 5.26. The summed E-state index contributed by atoms with van der Waals surface area (Å²) in [4.78, 5) is 4.34. The van der Waals surface area contributed by atoms with Gasteiger partial charge in [0, 0.05) is 19.0 Å². The topological polar surface area (TPSA) is 42.7 Å². The van der Waals surface area contributed by atoms with E-state index in [-0.39, 0.29) is 11.9 Å². The Morgan fingerprint density at radius 2 is 2.14 bits per heavy atom. The van der Waals surface area contributed by atoms with Crippen molar-refractivity contribution in [2.45, 2.75) is 46.2 Å². The van der Waals surface area contributed by atoms with Crippen molar-refractivity contribution in [3.8, 4) is 0 Å². The van der Waals surface area contributed by atoms with Gasteiger partial charge < -0.3 is 5.32 Å². The summed E-state index contributed by atoms with van der Waals surface area (Å²) < 4.78 is 15.7. The van der Waals surface area contributed by atoms with Crippen molar-refractivity contribution in [1.82, 2.24) is 20.1 Å². The minimum Gasteiger partial charge on any atom is -0.310 e. The maximum absolute atomic E-state index is 13.8. The van der Waals surface area contributed by atoms with E-state index >= 15 is 0 Å². The van der Waals surface area contributed by atoms with Crippen LogP contribution < -0.4 is 5.32 Å². The van der Waals surface area contributed by atoms with Crippen LogP contribution in [0, 0.1) is 12.7 Å². The van der Waals surface area contributed by atoms with Gasteiger partial charge in [-0.2, -0.15) is 5.10 Å². The van der Waals surface area contributed by atoms with Crippen molar-refractivity contribution < 1.29 is 4.39 Å². The van der Waals surface area contributed by atoms with Gasteiger partial charge >= 0.3 is 0 Å². The Kier molecular flexibility index (Phi) is 5.44. The molecule has 0 fully saturated rings. The summed E-state index contributed by atoms with van der Waals surface area (Å²) in [6, 6.07) is 5.46. The summed E-state index contributed by atoms with van der Waals surface area (Å²) in [5.74, 6) is 0.772. The van der Waals surface area contributed by atoms with Gasteiger partial charge in [-0.05, 0) is 37.1 Å². The summed E-state index contributed by atoms with van der Waals surface area (Å²) in [6.07, 6.45) is 3.31. The Bertz CT molecular complexity index is 579. The molecule has 1 atom stereocenters. The number of nitrogens with zero attached hydrogens (tertiary/aromatic N) is 3.